The van der Waals surface area contributed by atoms with Crippen molar-refractivity contribution >= 4 is 28.3 Å². The van der Waals surface area contributed by atoms with Crippen molar-refractivity contribution < 1.29 is 9.00 Å². The quantitative estimate of drug-likeness (QED) is 0.870. The molecule has 1 fully saturated rings. The number of carbonyl (C=O) groups is 1. The van der Waals surface area contributed by atoms with Gasteiger partial charge in [0.2, 0.25) is 5.91 Å². The topological polar surface area (TPSA) is 46.2 Å². The van der Waals surface area contributed by atoms with E-state index in [1.165, 1.54) is 12.8 Å². The molecule has 0 spiro atoms. The molecule has 0 radical (unpaired) electrons. The molecule has 0 heterocycles. The van der Waals surface area contributed by atoms with Crippen molar-refractivity contribution in [2.24, 2.45) is 5.92 Å². The normalized spacial score (nSPS) is 16.3. The van der Waals surface area contributed by atoms with Gasteiger partial charge in [0.15, 0.2) is 0 Å². The summed E-state index contributed by atoms with van der Waals surface area (Å²) >= 11 is 5.98. The van der Waals surface area contributed by atoms with Crippen LogP contribution < -0.4 is 5.32 Å². The van der Waals surface area contributed by atoms with Gasteiger partial charge in [0.25, 0.3) is 0 Å². The van der Waals surface area contributed by atoms with Gasteiger partial charge in [-0.15, -0.1) is 0 Å². The zero-order valence-corrected chi connectivity index (χ0v) is 11.6. The Hall–Kier alpha value is -0.870. The number of carbonyl (C=O) groups excluding carboxylic acids is 1. The van der Waals surface area contributed by atoms with E-state index in [1.807, 2.05) is 18.2 Å². The summed E-state index contributed by atoms with van der Waals surface area (Å²) in [5.74, 6) is 0.896. The van der Waals surface area contributed by atoms with Gasteiger partial charge in [0.1, 0.15) is 5.75 Å². The smallest absolute Gasteiger partial charge is 0.232 e. The minimum absolute atomic E-state index is 0.0535. The summed E-state index contributed by atoms with van der Waals surface area (Å²) in [5.41, 5.74) is 0.826. The van der Waals surface area contributed by atoms with Crippen LogP contribution in [0.25, 0.3) is 0 Å². The molecule has 1 aromatic rings. The first-order valence-corrected chi connectivity index (χ1v) is 7.87. The molecule has 0 saturated heterocycles. The van der Waals surface area contributed by atoms with Gasteiger partial charge < -0.3 is 5.32 Å². The molecule has 3 nitrogen and oxygen atoms in total. The third kappa shape index (κ3) is 4.42. The van der Waals surface area contributed by atoms with Gasteiger partial charge in [0.05, 0.1) is 5.75 Å². The number of amides is 1. The standard InChI is InChI=1S/C13H16ClNO2S/c14-12-4-2-1-3-11(12)8-18(17)9-13(16)15-7-10-5-6-10/h1-4,10H,5-9H2,(H,15,16). The Balaban J connectivity index is 1.77. The second-order valence-corrected chi connectivity index (χ2v) is 6.43. The van der Waals surface area contributed by atoms with E-state index in [-0.39, 0.29) is 11.7 Å². The highest BCUT2D eigenvalue weighted by molar-refractivity contribution is 7.84. The number of hydrogen-bond donors (Lipinski definition) is 1. The van der Waals surface area contributed by atoms with Crippen LogP contribution in [0.4, 0.5) is 0 Å². The maximum atomic E-state index is 11.8. The molecule has 98 valence electrons. The van der Waals surface area contributed by atoms with Gasteiger partial charge in [-0.05, 0) is 30.4 Å². The summed E-state index contributed by atoms with van der Waals surface area (Å²) in [5, 5.41) is 3.41. The van der Waals surface area contributed by atoms with E-state index in [0.717, 1.165) is 12.1 Å². The average Bonchev–Trinajstić information content (AvgIpc) is 3.13. The summed E-state index contributed by atoms with van der Waals surface area (Å²) in [6, 6.07) is 7.28. The van der Waals surface area contributed by atoms with Gasteiger partial charge in [-0.25, -0.2) is 0 Å². The Morgan fingerprint density at radius 2 is 2.11 bits per heavy atom. The van der Waals surface area contributed by atoms with Crippen LogP contribution in [0.5, 0.6) is 0 Å². The van der Waals surface area contributed by atoms with E-state index in [2.05, 4.69) is 5.32 Å². The number of halogens is 1. The van der Waals surface area contributed by atoms with Crippen LogP contribution in [-0.4, -0.2) is 22.4 Å². The maximum Gasteiger partial charge on any atom is 0.232 e. The van der Waals surface area contributed by atoms with Gasteiger partial charge >= 0.3 is 0 Å². The molecule has 2 rings (SSSR count). The van der Waals surface area contributed by atoms with Crippen molar-refractivity contribution in [1.29, 1.82) is 0 Å². The monoisotopic (exact) mass is 285 g/mol. The zero-order chi connectivity index (χ0) is 13.0. The fraction of sp³-hybridized carbons (Fsp3) is 0.462. The number of nitrogens with one attached hydrogen (secondary N) is 1. The Morgan fingerprint density at radius 1 is 1.39 bits per heavy atom. The van der Waals surface area contributed by atoms with Crippen molar-refractivity contribution in [3.8, 4) is 0 Å². The predicted octanol–water partition coefficient (Wildman–Crippen LogP) is 2.11. The fourth-order valence-electron chi connectivity index (χ4n) is 1.62. The molecule has 1 aliphatic rings. The third-order valence-electron chi connectivity index (χ3n) is 2.85. The zero-order valence-electron chi connectivity index (χ0n) is 10.0. The van der Waals surface area contributed by atoms with E-state index >= 15 is 0 Å². The number of benzene rings is 1. The molecule has 18 heavy (non-hydrogen) atoms. The summed E-state index contributed by atoms with van der Waals surface area (Å²) in [7, 11) is -1.20. The van der Waals surface area contributed by atoms with Crippen molar-refractivity contribution in [2.45, 2.75) is 18.6 Å². The Kier molecular flexibility index (Phi) is 4.78. The third-order valence-corrected chi connectivity index (χ3v) is 4.44. The first kappa shape index (κ1) is 13.6. The molecular formula is C13H16ClNO2S. The summed E-state index contributed by atoms with van der Waals surface area (Å²) in [6.07, 6.45) is 2.39. The Labute approximate surface area is 114 Å². The van der Waals surface area contributed by atoms with E-state index in [1.54, 1.807) is 6.07 Å². The minimum atomic E-state index is -1.20. The molecule has 1 atom stereocenters. The number of rotatable bonds is 6. The van der Waals surface area contributed by atoms with E-state index in [4.69, 9.17) is 11.6 Å². The molecule has 1 amide bonds. The Bertz CT molecular complexity index is 460. The van der Waals surface area contributed by atoms with Crippen molar-refractivity contribution in [3.05, 3.63) is 34.9 Å². The van der Waals surface area contributed by atoms with Crippen LogP contribution in [0.2, 0.25) is 5.02 Å². The summed E-state index contributed by atoms with van der Waals surface area (Å²) in [6.45, 7) is 0.724. The molecule has 1 unspecified atom stereocenters. The molecule has 5 heteroatoms. The highest BCUT2D eigenvalue weighted by Crippen LogP contribution is 2.27. The molecule has 0 bridgehead atoms. The fourth-order valence-corrected chi connectivity index (χ4v) is 2.99. The lowest BCUT2D eigenvalue weighted by molar-refractivity contribution is -0.118. The van der Waals surface area contributed by atoms with E-state index in [0.29, 0.717) is 16.7 Å². The molecule has 1 saturated carbocycles. The lowest BCUT2D eigenvalue weighted by atomic mass is 10.2. The lowest BCUT2D eigenvalue weighted by Crippen LogP contribution is -2.30. The number of hydrogen-bond acceptors (Lipinski definition) is 2. The average molecular weight is 286 g/mol. The van der Waals surface area contributed by atoms with Crippen LogP contribution in [0.3, 0.4) is 0 Å². The van der Waals surface area contributed by atoms with Crippen molar-refractivity contribution in [2.75, 3.05) is 12.3 Å². The first-order valence-electron chi connectivity index (χ1n) is 6.00. The second-order valence-electron chi connectivity index (χ2n) is 4.57. The van der Waals surface area contributed by atoms with Gasteiger partial charge in [-0.3, -0.25) is 9.00 Å². The van der Waals surface area contributed by atoms with Crippen LogP contribution >= 0.6 is 11.6 Å². The molecule has 1 aromatic carbocycles. The molecule has 1 N–H and O–H groups in total. The maximum absolute atomic E-state index is 11.8. The minimum Gasteiger partial charge on any atom is -0.355 e. The van der Waals surface area contributed by atoms with Crippen molar-refractivity contribution in [3.63, 3.8) is 0 Å². The van der Waals surface area contributed by atoms with Crippen molar-refractivity contribution in [1.82, 2.24) is 5.32 Å². The molecular weight excluding hydrogens is 270 g/mol. The first-order chi connectivity index (χ1) is 8.65. The SMILES string of the molecule is O=C(CS(=O)Cc1ccccc1Cl)NCC1CC1. The molecule has 0 aromatic heterocycles. The largest absolute Gasteiger partial charge is 0.355 e. The molecule has 1 aliphatic carbocycles. The van der Waals surface area contributed by atoms with E-state index < -0.39 is 10.8 Å². The lowest BCUT2D eigenvalue weighted by Gasteiger charge is -2.05. The predicted molar refractivity (Wildman–Crippen MR) is 73.9 cm³/mol. The van der Waals surface area contributed by atoms with E-state index in [9.17, 15) is 9.00 Å². The van der Waals surface area contributed by atoms with Crippen LogP contribution in [0, 0.1) is 5.92 Å². The summed E-state index contributed by atoms with van der Waals surface area (Å²) < 4.78 is 11.8. The van der Waals surface area contributed by atoms with Gasteiger partial charge in [0, 0.05) is 22.4 Å². The van der Waals surface area contributed by atoms with Gasteiger partial charge in [-0.1, -0.05) is 29.8 Å². The summed E-state index contributed by atoms with van der Waals surface area (Å²) in [4.78, 5) is 11.5. The van der Waals surface area contributed by atoms with Crippen LogP contribution in [0.1, 0.15) is 18.4 Å². The van der Waals surface area contributed by atoms with Crippen LogP contribution in [0.15, 0.2) is 24.3 Å². The highest BCUT2D eigenvalue weighted by Gasteiger charge is 2.21. The Morgan fingerprint density at radius 3 is 2.78 bits per heavy atom. The van der Waals surface area contributed by atoms with Gasteiger partial charge in [-0.2, -0.15) is 0 Å². The molecule has 0 aliphatic heterocycles. The second kappa shape index (κ2) is 6.34. The van der Waals surface area contributed by atoms with Crippen LogP contribution in [-0.2, 0) is 21.3 Å². The highest BCUT2D eigenvalue weighted by atomic mass is 35.5.